The van der Waals surface area contributed by atoms with Crippen molar-refractivity contribution in [3.63, 3.8) is 0 Å². The molecule has 2 aliphatic rings. The Labute approximate surface area is 124 Å². The lowest BCUT2D eigenvalue weighted by molar-refractivity contribution is -0.159. The summed E-state index contributed by atoms with van der Waals surface area (Å²) in [6, 6.07) is 2.02. The summed E-state index contributed by atoms with van der Waals surface area (Å²) in [6.45, 7) is 0.903. The Kier molecular flexibility index (Phi) is 4.00. The maximum absolute atomic E-state index is 12.6. The molecule has 0 aliphatic carbocycles. The van der Waals surface area contributed by atoms with E-state index in [0.717, 1.165) is 17.7 Å². The zero-order valence-corrected chi connectivity index (χ0v) is 12.4. The molecule has 3 heterocycles. The number of amides is 1. The molecule has 20 heavy (non-hydrogen) atoms. The number of thiophene rings is 1. The normalized spacial score (nSPS) is 26.1. The maximum atomic E-state index is 12.6. The summed E-state index contributed by atoms with van der Waals surface area (Å²) < 4.78 is 5.16. The second kappa shape index (κ2) is 5.75. The van der Waals surface area contributed by atoms with Gasteiger partial charge in [0.25, 0.3) is 0 Å². The van der Waals surface area contributed by atoms with Gasteiger partial charge in [-0.1, -0.05) is 0 Å². The summed E-state index contributed by atoms with van der Waals surface area (Å²) in [5.74, 6) is -0.0460. The molecule has 1 fully saturated rings. The summed E-state index contributed by atoms with van der Waals surface area (Å²) >= 11 is 3.34. The third-order valence-corrected chi connectivity index (χ3v) is 5.78. The highest BCUT2D eigenvalue weighted by atomic mass is 32.2. The van der Waals surface area contributed by atoms with Crippen molar-refractivity contribution in [2.45, 2.75) is 17.8 Å². The topological polar surface area (TPSA) is 66.8 Å². The molecule has 1 aromatic rings. The van der Waals surface area contributed by atoms with Crippen LogP contribution in [0, 0.1) is 0 Å². The number of carbonyl (C=O) groups excluding carboxylic acids is 1. The van der Waals surface area contributed by atoms with Crippen LogP contribution >= 0.6 is 23.1 Å². The Balaban J connectivity index is 1.75. The molecule has 0 spiro atoms. The van der Waals surface area contributed by atoms with Gasteiger partial charge in [0, 0.05) is 11.4 Å². The predicted molar refractivity (Wildman–Crippen MR) is 77.2 cm³/mol. The fraction of sp³-hybridized carbons (Fsp3) is 0.538. The van der Waals surface area contributed by atoms with E-state index in [1.165, 1.54) is 4.88 Å². The van der Waals surface area contributed by atoms with Crippen molar-refractivity contribution in [1.82, 2.24) is 4.90 Å². The van der Waals surface area contributed by atoms with Gasteiger partial charge in [-0.25, -0.2) is 4.79 Å². The molecule has 0 radical (unpaired) electrons. The van der Waals surface area contributed by atoms with Crippen LogP contribution in [0.15, 0.2) is 11.4 Å². The Hall–Kier alpha value is -1.05. The van der Waals surface area contributed by atoms with E-state index in [2.05, 4.69) is 0 Å². The van der Waals surface area contributed by atoms with Crippen LogP contribution < -0.4 is 0 Å². The van der Waals surface area contributed by atoms with Crippen LogP contribution in [0.1, 0.15) is 15.7 Å². The van der Waals surface area contributed by atoms with E-state index in [4.69, 9.17) is 9.84 Å². The summed E-state index contributed by atoms with van der Waals surface area (Å²) in [7, 11) is 0. The summed E-state index contributed by atoms with van der Waals surface area (Å²) in [4.78, 5) is 26.5. The van der Waals surface area contributed by atoms with Crippen molar-refractivity contribution in [2.24, 2.45) is 0 Å². The highest BCUT2D eigenvalue weighted by Gasteiger charge is 2.35. The molecule has 1 N–H and O–H groups in total. The number of aryl methyl sites for hydroxylation is 1. The van der Waals surface area contributed by atoms with Gasteiger partial charge in [-0.05, 0) is 29.2 Å². The SMILES string of the molecule is O=C(O)[C@@H]1CN(C(=O)[C@@H]2SCCc3sccc32)CCO1. The van der Waals surface area contributed by atoms with Crippen molar-refractivity contribution in [3.05, 3.63) is 21.9 Å². The smallest absolute Gasteiger partial charge is 0.334 e. The average Bonchev–Trinajstić information content (AvgIpc) is 2.95. The lowest BCUT2D eigenvalue weighted by atomic mass is 10.1. The van der Waals surface area contributed by atoms with Gasteiger partial charge in [0.15, 0.2) is 6.10 Å². The minimum Gasteiger partial charge on any atom is -0.479 e. The number of hydrogen-bond acceptors (Lipinski definition) is 5. The summed E-state index contributed by atoms with van der Waals surface area (Å²) in [5, 5.41) is 10.8. The molecule has 1 aromatic heterocycles. The molecular weight excluding hydrogens is 298 g/mol. The Morgan fingerprint density at radius 3 is 3.10 bits per heavy atom. The number of thioether (sulfide) groups is 1. The number of carbonyl (C=O) groups is 2. The van der Waals surface area contributed by atoms with Gasteiger partial charge in [0.1, 0.15) is 5.25 Å². The number of carboxylic acid groups (broad SMARTS) is 1. The minimum absolute atomic E-state index is 0.0175. The van der Waals surface area contributed by atoms with Gasteiger partial charge >= 0.3 is 5.97 Å². The fourth-order valence-corrected chi connectivity index (χ4v) is 4.89. The number of ether oxygens (including phenoxy) is 1. The number of fused-ring (bicyclic) bond motifs is 1. The van der Waals surface area contributed by atoms with Crippen LogP contribution in [0.25, 0.3) is 0 Å². The molecule has 7 heteroatoms. The maximum Gasteiger partial charge on any atom is 0.334 e. The van der Waals surface area contributed by atoms with E-state index in [-0.39, 0.29) is 24.3 Å². The monoisotopic (exact) mass is 313 g/mol. The predicted octanol–water partition coefficient (Wildman–Crippen LogP) is 1.39. The minimum atomic E-state index is -1.00. The fourth-order valence-electron chi connectivity index (χ4n) is 2.52. The first-order valence-corrected chi connectivity index (χ1v) is 8.40. The lowest BCUT2D eigenvalue weighted by Gasteiger charge is -2.34. The van der Waals surface area contributed by atoms with Crippen LogP contribution in [0.3, 0.4) is 0 Å². The van der Waals surface area contributed by atoms with Gasteiger partial charge in [0.2, 0.25) is 5.91 Å². The summed E-state index contributed by atoms with van der Waals surface area (Å²) in [5.41, 5.74) is 1.11. The molecule has 3 rings (SSSR count). The first-order chi connectivity index (χ1) is 9.66. The van der Waals surface area contributed by atoms with Crippen LogP contribution in [-0.4, -0.2) is 53.4 Å². The largest absolute Gasteiger partial charge is 0.479 e. The summed E-state index contributed by atoms with van der Waals surface area (Å²) in [6.07, 6.45) is 0.116. The molecule has 2 atom stereocenters. The average molecular weight is 313 g/mol. The zero-order chi connectivity index (χ0) is 14.1. The van der Waals surface area contributed by atoms with Crippen molar-refractivity contribution in [1.29, 1.82) is 0 Å². The molecule has 0 saturated carbocycles. The molecule has 1 amide bonds. The number of nitrogens with zero attached hydrogens (tertiary/aromatic N) is 1. The Bertz CT molecular complexity index is 530. The van der Waals surface area contributed by atoms with E-state index in [1.54, 1.807) is 28.0 Å². The quantitative estimate of drug-likeness (QED) is 0.894. The van der Waals surface area contributed by atoms with Gasteiger partial charge in [-0.2, -0.15) is 0 Å². The number of aliphatic carboxylic acids is 1. The Morgan fingerprint density at radius 1 is 1.45 bits per heavy atom. The van der Waals surface area contributed by atoms with Crippen LogP contribution in [0.5, 0.6) is 0 Å². The molecule has 5 nitrogen and oxygen atoms in total. The van der Waals surface area contributed by atoms with Crippen LogP contribution in [-0.2, 0) is 20.7 Å². The third kappa shape index (κ3) is 2.57. The van der Waals surface area contributed by atoms with Crippen molar-refractivity contribution >= 4 is 35.0 Å². The lowest BCUT2D eigenvalue weighted by Crippen LogP contribution is -2.49. The third-order valence-electron chi connectivity index (χ3n) is 3.55. The molecule has 0 unspecified atom stereocenters. The van der Waals surface area contributed by atoms with Crippen molar-refractivity contribution in [2.75, 3.05) is 25.4 Å². The van der Waals surface area contributed by atoms with E-state index in [0.29, 0.717) is 6.54 Å². The Morgan fingerprint density at radius 2 is 2.30 bits per heavy atom. The molecule has 108 valence electrons. The van der Waals surface area contributed by atoms with Crippen LogP contribution in [0.4, 0.5) is 0 Å². The molecular formula is C13H15NO4S2. The highest BCUT2D eigenvalue weighted by Crippen LogP contribution is 2.40. The number of morpholine rings is 1. The van der Waals surface area contributed by atoms with Crippen molar-refractivity contribution < 1.29 is 19.4 Å². The van der Waals surface area contributed by atoms with E-state index in [1.807, 2.05) is 11.4 Å². The second-order valence-corrected chi connectivity index (χ2v) is 7.00. The highest BCUT2D eigenvalue weighted by molar-refractivity contribution is 8.00. The number of carboxylic acids is 1. The first-order valence-electron chi connectivity index (χ1n) is 6.48. The first kappa shape index (κ1) is 13.9. The molecule has 2 aliphatic heterocycles. The van der Waals surface area contributed by atoms with Gasteiger partial charge in [-0.3, -0.25) is 4.79 Å². The number of rotatable bonds is 2. The van der Waals surface area contributed by atoms with Gasteiger partial charge in [-0.15, -0.1) is 23.1 Å². The van der Waals surface area contributed by atoms with E-state index < -0.39 is 12.1 Å². The van der Waals surface area contributed by atoms with Crippen LogP contribution in [0.2, 0.25) is 0 Å². The number of hydrogen-bond donors (Lipinski definition) is 1. The van der Waals surface area contributed by atoms with Gasteiger partial charge < -0.3 is 14.7 Å². The van der Waals surface area contributed by atoms with E-state index >= 15 is 0 Å². The second-order valence-electron chi connectivity index (χ2n) is 4.78. The van der Waals surface area contributed by atoms with E-state index in [9.17, 15) is 9.59 Å². The standard InChI is InChI=1S/C13H15NO4S2/c15-12(14-3-4-18-9(7-14)13(16)17)11-8-1-5-19-10(8)2-6-20-11/h1,5,9,11H,2-4,6-7H2,(H,16,17)/t9-,11+/m0/s1. The molecule has 0 aromatic carbocycles. The molecule has 0 bridgehead atoms. The zero-order valence-electron chi connectivity index (χ0n) is 10.8. The van der Waals surface area contributed by atoms with Crippen molar-refractivity contribution in [3.8, 4) is 0 Å². The molecule has 1 saturated heterocycles. The van der Waals surface area contributed by atoms with Gasteiger partial charge in [0.05, 0.1) is 13.2 Å².